The number of carbonyl (C=O) groups is 1. The van der Waals surface area contributed by atoms with E-state index in [0.29, 0.717) is 16.6 Å². The Hall–Kier alpha value is -0.480. The molecule has 0 fully saturated rings. The monoisotopic (exact) mass is 274 g/mol. The van der Waals surface area contributed by atoms with E-state index in [1.165, 1.54) is 0 Å². The average molecular weight is 275 g/mol. The molecule has 0 spiro atoms. The third kappa shape index (κ3) is 2.51. The van der Waals surface area contributed by atoms with Crippen molar-refractivity contribution >= 4 is 34.5 Å². The van der Waals surface area contributed by atoms with E-state index < -0.39 is 0 Å². The smallest absolute Gasteiger partial charge is 0.339 e. The molecule has 0 saturated carbocycles. The highest BCUT2D eigenvalue weighted by Crippen LogP contribution is 2.27. The SMILES string of the molecule is CCOC(=O)c1cc(C)cc(S)c1Br. The number of esters is 1. The number of hydrogen-bond acceptors (Lipinski definition) is 3. The van der Waals surface area contributed by atoms with E-state index in [2.05, 4.69) is 28.6 Å². The second-order valence-corrected chi connectivity index (χ2v) is 4.14. The lowest BCUT2D eigenvalue weighted by Crippen LogP contribution is -2.06. The molecule has 0 bridgehead atoms. The van der Waals surface area contributed by atoms with Gasteiger partial charge in [0, 0.05) is 9.37 Å². The summed E-state index contributed by atoms with van der Waals surface area (Å²) in [4.78, 5) is 12.2. The van der Waals surface area contributed by atoms with Gasteiger partial charge in [-0.15, -0.1) is 12.6 Å². The molecule has 14 heavy (non-hydrogen) atoms. The number of benzene rings is 1. The maximum Gasteiger partial charge on any atom is 0.339 e. The van der Waals surface area contributed by atoms with Crippen LogP contribution in [-0.2, 0) is 4.74 Å². The van der Waals surface area contributed by atoms with Crippen LogP contribution in [0.4, 0.5) is 0 Å². The van der Waals surface area contributed by atoms with Crippen molar-refractivity contribution in [2.24, 2.45) is 0 Å². The molecule has 1 aromatic rings. The maximum absolute atomic E-state index is 11.5. The van der Waals surface area contributed by atoms with Crippen LogP contribution in [0.3, 0.4) is 0 Å². The Kier molecular flexibility index (Phi) is 4.01. The summed E-state index contributed by atoms with van der Waals surface area (Å²) >= 11 is 7.55. The molecule has 0 unspecified atom stereocenters. The molecule has 0 saturated heterocycles. The van der Waals surface area contributed by atoms with E-state index in [0.717, 1.165) is 10.5 Å². The second kappa shape index (κ2) is 4.84. The summed E-state index contributed by atoms with van der Waals surface area (Å²) in [6, 6.07) is 3.66. The van der Waals surface area contributed by atoms with Crippen LogP contribution in [0.15, 0.2) is 21.5 Å². The number of carbonyl (C=O) groups excluding carboxylic acids is 1. The van der Waals surface area contributed by atoms with E-state index in [1.807, 2.05) is 13.0 Å². The predicted molar refractivity (Wildman–Crippen MR) is 62.1 cm³/mol. The molecule has 0 atom stereocenters. The van der Waals surface area contributed by atoms with Gasteiger partial charge in [-0.2, -0.15) is 0 Å². The minimum absolute atomic E-state index is 0.321. The first kappa shape index (κ1) is 11.6. The highest BCUT2D eigenvalue weighted by atomic mass is 79.9. The largest absolute Gasteiger partial charge is 0.462 e. The van der Waals surface area contributed by atoms with Gasteiger partial charge in [-0.05, 0) is 47.5 Å². The quantitative estimate of drug-likeness (QED) is 0.662. The van der Waals surface area contributed by atoms with Gasteiger partial charge in [0.25, 0.3) is 0 Å². The van der Waals surface area contributed by atoms with Crippen LogP contribution in [0.1, 0.15) is 22.8 Å². The zero-order valence-electron chi connectivity index (χ0n) is 8.00. The van der Waals surface area contributed by atoms with E-state index >= 15 is 0 Å². The van der Waals surface area contributed by atoms with Crippen LogP contribution >= 0.6 is 28.6 Å². The second-order valence-electron chi connectivity index (χ2n) is 2.87. The topological polar surface area (TPSA) is 26.3 Å². The van der Waals surface area contributed by atoms with Gasteiger partial charge in [-0.1, -0.05) is 0 Å². The third-order valence-corrected chi connectivity index (χ3v) is 3.21. The molecule has 0 N–H and O–H groups in total. The molecular formula is C10H11BrO2S. The number of rotatable bonds is 2. The maximum atomic E-state index is 11.5. The molecule has 0 radical (unpaired) electrons. The van der Waals surface area contributed by atoms with Gasteiger partial charge in [-0.3, -0.25) is 0 Å². The fraction of sp³-hybridized carbons (Fsp3) is 0.300. The highest BCUT2D eigenvalue weighted by Gasteiger charge is 2.13. The highest BCUT2D eigenvalue weighted by molar-refractivity contribution is 9.10. The van der Waals surface area contributed by atoms with Gasteiger partial charge in [0.2, 0.25) is 0 Å². The molecule has 0 aliphatic heterocycles. The molecule has 1 rings (SSSR count). The van der Waals surface area contributed by atoms with Crippen molar-refractivity contribution in [1.29, 1.82) is 0 Å². The van der Waals surface area contributed by atoms with Gasteiger partial charge in [-0.25, -0.2) is 4.79 Å². The van der Waals surface area contributed by atoms with Crippen LogP contribution in [0.25, 0.3) is 0 Å². The van der Waals surface area contributed by atoms with Crippen molar-refractivity contribution in [2.45, 2.75) is 18.7 Å². The molecule has 2 nitrogen and oxygen atoms in total. The zero-order valence-corrected chi connectivity index (χ0v) is 10.5. The predicted octanol–water partition coefficient (Wildman–Crippen LogP) is 3.22. The fourth-order valence-electron chi connectivity index (χ4n) is 1.11. The van der Waals surface area contributed by atoms with Crippen molar-refractivity contribution in [3.63, 3.8) is 0 Å². The lowest BCUT2D eigenvalue weighted by Gasteiger charge is -2.07. The molecule has 0 aliphatic rings. The first-order valence-corrected chi connectivity index (χ1v) is 5.46. The number of halogens is 1. The normalized spacial score (nSPS) is 10.0. The number of hydrogen-bond donors (Lipinski definition) is 1. The molecule has 1 aromatic carbocycles. The van der Waals surface area contributed by atoms with Crippen molar-refractivity contribution in [1.82, 2.24) is 0 Å². The van der Waals surface area contributed by atoms with E-state index in [9.17, 15) is 4.79 Å². The Morgan fingerprint density at radius 2 is 2.21 bits per heavy atom. The Labute approximate surface area is 97.2 Å². The van der Waals surface area contributed by atoms with Gasteiger partial charge >= 0.3 is 5.97 Å². The molecular weight excluding hydrogens is 264 g/mol. The first-order chi connectivity index (χ1) is 6.56. The molecule has 0 aromatic heterocycles. The summed E-state index contributed by atoms with van der Waals surface area (Å²) < 4.78 is 5.60. The van der Waals surface area contributed by atoms with Crippen molar-refractivity contribution < 1.29 is 9.53 Å². The van der Waals surface area contributed by atoms with Crippen LogP contribution in [0, 0.1) is 6.92 Å². The Balaban J connectivity index is 3.13. The van der Waals surface area contributed by atoms with Crippen LogP contribution < -0.4 is 0 Å². The Bertz CT molecular complexity index is 363. The van der Waals surface area contributed by atoms with Crippen LogP contribution in [0.5, 0.6) is 0 Å². The minimum Gasteiger partial charge on any atom is -0.462 e. The van der Waals surface area contributed by atoms with Crippen molar-refractivity contribution in [3.05, 3.63) is 27.7 Å². The number of ether oxygens (including phenoxy) is 1. The van der Waals surface area contributed by atoms with E-state index in [1.54, 1.807) is 13.0 Å². The van der Waals surface area contributed by atoms with E-state index in [-0.39, 0.29) is 5.97 Å². The Morgan fingerprint density at radius 3 is 2.79 bits per heavy atom. The van der Waals surface area contributed by atoms with Crippen LogP contribution in [-0.4, -0.2) is 12.6 Å². The minimum atomic E-state index is -0.321. The number of aryl methyl sites for hydroxylation is 1. The summed E-state index contributed by atoms with van der Waals surface area (Å²) in [5.74, 6) is -0.321. The van der Waals surface area contributed by atoms with Gasteiger partial charge in [0.15, 0.2) is 0 Å². The molecule has 4 heteroatoms. The fourth-order valence-corrected chi connectivity index (χ4v) is 1.82. The van der Waals surface area contributed by atoms with E-state index in [4.69, 9.17) is 4.74 Å². The average Bonchev–Trinajstić information content (AvgIpc) is 2.11. The third-order valence-electron chi connectivity index (χ3n) is 1.69. The summed E-state index contributed by atoms with van der Waals surface area (Å²) in [5.41, 5.74) is 1.51. The summed E-state index contributed by atoms with van der Waals surface area (Å²) in [6.07, 6.45) is 0. The molecule has 0 aliphatic carbocycles. The lowest BCUT2D eigenvalue weighted by atomic mass is 10.1. The standard InChI is InChI=1S/C10H11BrO2S/c1-3-13-10(12)7-4-6(2)5-8(14)9(7)11/h4-5,14H,3H2,1-2H3. The van der Waals surface area contributed by atoms with Crippen molar-refractivity contribution in [3.8, 4) is 0 Å². The molecule has 0 amide bonds. The van der Waals surface area contributed by atoms with Crippen molar-refractivity contribution in [2.75, 3.05) is 6.61 Å². The first-order valence-electron chi connectivity index (χ1n) is 4.22. The summed E-state index contributed by atoms with van der Waals surface area (Å²) in [5, 5.41) is 0. The number of thiol groups is 1. The molecule has 76 valence electrons. The summed E-state index contributed by atoms with van der Waals surface area (Å²) in [6.45, 7) is 4.07. The van der Waals surface area contributed by atoms with Gasteiger partial charge in [0.05, 0.1) is 12.2 Å². The van der Waals surface area contributed by atoms with Crippen LogP contribution in [0.2, 0.25) is 0 Å². The summed E-state index contributed by atoms with van der Waals surface area (Å²) in [7, 11) is 0. The Morgan fingerprint density at radius 1 is 1.57 bits per heavy atom. The van der Waals surface area contributed by atoms with Gasteiger partial charge in [0.1, 0.15) is 0 Å². The van der Waals surface area contributed by atoms with Gasteiger partial charge < -0.3 is 4.74 Å². The molecule has 0 heterocycles. The zero-order chi connectivity index (χ0) is 10.7. The lowest BCUT2D eigenvalue weighted by molar-refractivity contribution is 0.0525.